The van der Waals surface area contributed by atoms with Crippen molar-refractivity contribution in [1.29, 1.82) is 0 Å². The quantitative estimate of drug-likeness (QED) is 0.783. The van der Waals surface area contributed by atoms with Crippen molar-refractivity contribution in [2.75, 3.05) is 4.90 Å². The van der Waals surface area contributed by atoms with E-state index in [-0.39, 0.29) is 10.8 Å². The van der Waals surface area contributed by atoms with Crippen LogP contribution in [0.25, 0.3) is 0 Å². The highest BCUT2D eigenvalue weighted by Crippen LogP contribution is 2.40. The second kappa shape index (κ2) is 5.79. The van der Waals surface area contributed by atoms with E-state index >= 15 is 0 Å². The maximum atomic E-state index is 12.8. The van der Waals surface area contributed by atoms with E-state index in [1.807, 2.05) is 30.3 Å². The smallest absolute Gasteiger partial charge is 0.271 e. The Bertz CT molecular complexity index is 894. The minimum atomic E-state index is -3.90. The SMILES string of the molecule is CC1(C)Oc2ccc(S(=O)(=O)Cl)cc2N(Cc2ccccc2)C1=O. The fourth-order valence-corrected chi connectivity index (χ4v) is 3.39. The summed E-state index contributed by atoms with van der Waals surface area (Å²) in [4.78, 5) is 14.2. The molecule has 2 aromatic carbocycles. The van der Waals surface area contributed by atoms with Crippen LogP contribution in [0.2, 0.25) is 0 Å². The predicted molar refractivity (Wildman–Crippen MR) is 91.8 cm³/mol. The fourth-order valence-electron chi connectivity index (χ4n) is 2.62. The molecule has 2 aromatic rings. The van der Waals surface area contributed by atoms with Gasteiger partial charge in [0.05, 0.1) is 17.1 Å². The van der Waals surface area contributed by atoms with Crippen LogP contribution in [-0.4, -0.2) is 19.9 Å². The van der Waals surface area contributed by atoms with Crippen LogP contribution >= 0.6 is 10.7 Å². The first-order valence-electron chi connectivity index (χ1n) is 7.32. The zero-order valence-electron chi connectivity index (χ0n) is 13.2. The molecule has 7 heteroatoms. The summed E-state index contributed by atoms with van der Waals surface area (Å²) in [6.45, 7) is 3.68. The Morgan fingerprint density at radius 2 is 1.79 bits per heavy atom. The largest absolute Gasteiger partial charge is 0.476 e. The molecule has 0 radical (unpaired) electrons. The van der Waals surface area contributed by atoms with E-state index in [1.54, 1.807) is 13.8 Å². The molecule has 1 heterocycles. The highest BCUT2D eigenvalue weighted by Gasteiger charge is 2.41. The van der Waals surface area contributed by atoms with Gasteiger partial charge in [-0.3, -0.25) is 4.79 Å². The molecule has 0 spiro atoms. The summed E-state index contributed by atoms with van der Waals surface area (Å²) in [6, 6.07) is 13.7. The molecule has 0 N–H and O–H groups in total. The summed E-state index contributed by atoms with van der Waals surface area (Å²) in [7, 11) is 1.53. The van der Waals surface area contributed by atoms with Crippen LogP contribution in [0.4, 0.5) is 5.69 Å². The van der Waals surface area contributed by atoms with E-state index in [9.17, 15) is 13.2 Å². The number of anilines is 1. The van der Waals surface area contributed by atoms with E-state index in [2.05, 4.69) is 0 Å². The third kappa shape index (κ3) is 3.12. The molecule has 24 heavy (non-hydrogen) atoms. The zero-order chi connectivity index (χ0) is 17.5. The number of fused-ring (bicyclic) bond motifs is 1. The molecule has 3 rings (SSSR count). The molecule has 1 aliphatic heterocycles. The van der Waals surface area contributed by atoms with Crippen molar-refractivity contribution in [3.63, 3.8) is 0 Å². The number of ether oxygens (including phenoxy) is 1. The van der Waals surface area contributed by atoms with Crippen LogP contribution in [0, 0.1) is 0 Å². The Morgan fingerprint density at radius 1 is 1.12 bits per heavy atom. The van der Waals surface area contributed by atoms with Gasteiger partial charge >= 0.3 is 0 Å². The number of rotatable bonds is 3. The van der Waals surface area contributed by atoms with Crippen molar-refractivity contribution in [3.8, 4) is 5.75 Å². The number of hydrogen-bond acceptors (Lipinski definition) is 4. The van der Waals surface area contributed by atoms with Crippen molar-refractivity contribution in [3.05, 3.63) is 54.1 Å². The summed E-state index contributed by atoms with van der Waals surface area (Å²) in [5.41, 5.74) is 0.280. The van der Waals surface area contributed by atoms with Gasteiger partial charge in [-0.1, -0.05) is 30.3 Å². The molecule has 0 saturated carbocycles. The molecule has 1 amide bonds. The van der Waals surface area contributed by atoms with Gasteiger partial charge < -0.3 is 9.64 Å². The summed E-state index contributed by atoms with van der Waals surface area (Å²) < 4.78 is 29.0. The number of benzene rings is 2. The highest BCUT2D eigenvalue weighted by atomic mass is 35.7. The molecule has 0 aliphatic carbocycles. The van der Waals surface area contributed by atoms with Crippen LogP contribution in [-0.2, 0) is 20.4 Å². The number of carbonyl (C=O) groups excluding carboxylic acids is 1. The number of halogens is 1. The van der Waals surface area contributed by atoms with Gasteiger partial charge in [0.15, 0.2) is 5.60 Å². The molecule has 0 unspecified atom stereocenters. The number of nitrogens with zero attached hydrogens (tertiary/aromatic N) is 1. The lowest BCUT2D eigenvalue weighted by molar-refractivity contribution is -0.132. The van der Waals surface area contributed by atoms with Crippen LogP contribution < -0.4 is 9.64 Å². The average molecular weight is 366 g/mol. The predicted octanol–water partition coefficient (Wildman–Crippen LogP) is 3.32. The zero-order valence-corrected chi connectivity index (χ0v) is 14.8. The van der Waals surface area contributed by atoms with E-state index in [0.29, 0.717) is 18.0 Å². The van der Waals surface area contributed by atoms with Crippen molar-refractivity contribution < 1.29 is 17.9 Å². The number of carbonyl (C=O) groups is 1. The lowest BCUT2D eigenvalue weighted by Crippen LogP contribution is -2.52. The Labute approximate surface area is 145 Å². The normalized spacial score (nSPS) is 16.5. The maximum absolute atomic E-state index is 12.8. The van der Waals surface area contributed by atoms with Gasteiger partial charge in [-0.05, 0) is 37.6 Å². The van der Waals surface area contributed by atoms with Gasteiger partial charge in [-0.15, -0.1) is 0 Å². The van der Waals surface area contributed by atoms with Crippen LogP contribution in [0.3, 0.4) is 0 Å². The van der Waals surface area contributed by atoms with Gasteiger partial charge in [0.1, 0.15) is 5.75 Å². The molecule has 0 bridgehead atoms. The first-order valence-corrected chi connectivity index (χ1v) is 9.63. The Kier molecular flexibility index (Phi) is 4.05. The van der Waals surface area contributed by atoms with Gasteiger partial charge in [-0.25, -0.2) is 8.42 Å². The standard InChI is InChI=1S/C17H16ClNO4S/c1-17(2)16(20)19(11-12-6-4-3-5-7-12)14-10-13(24(18,21)22)8-9-15(14)23-17/h3-10H,11H2,1-2H3. The van der Waals surface area contributed by atoms with Gasteiger partial charge in [0.2, 0.25) is 0 Å². The Morgan fingerprint density at radius 3 is 2.42 bits per heavy atom. The first kappa shape index (κ1) is 16.8. The van der Waals surface area contributed by atoms with Crippen LogP contribution in [0.5, 0.6) is 5.75 Å². The summed E-state index contributed by atoms with van der Waals surface area (Å²) >= 11 is 0. The third-order valence-corrected chi connectivity index (χ3v) is 5.16. The summed E-state index contributed by atoms with van der Waals surface area (Å²) in [6.07, 6.45) is 0. The minimum absolute atomic E-state index is 0.0721. The molecular formula is C17H16ClNO4S. The van der Waals surface area contributed by atoms with Gasteiger partial charge in [0.25, 0.3) is 15.0 Å². The van der Waals surface area contributed by atoms with Crippen molar-refractivity contribution in [2.24, 2.45) is 0 Å². The summed E-state index contributed by atoms with van der Waals surface area (Å²) in [5, 5.41) is 0. The highest BCUT2D eigenvalue weighted by molar-refractivity contribution is 8.13. The summed E-state index contributed by atoms with van der Waals surface area (Å²) in [5.74, 6) is 0.197. The molecule has 126 valence electrons. The second-order valence-corrected chi connectivity index (χ2v) is 8.62. The average Bonchev–Trinajstić information content (AvgIpc) is 2.51. The molecule has 0 atom stereocenters. The van der Waals surface area contributed by atoms with Crippen LogP contribution in [0.1, 0.15) is 19.4 Å². The minimum Gasteiger partial charge on any atom is -0.476 e. The van der Waals surface area contributed by atoms with E-state index in [4.69, 9.17) is 15.4 Å². The van der Waals surface area contributed by atoms with E-state index in [0.717, 1.165) is 5.56 Å². The second-order valence-electron chi connectivity index (χ2n) is 6.06. The van der Waals surface area contributed by atoms with Crippen molar-refractivity contribution in [2.45, 2.75) is 30.9 Å². The topological polar surface area (TPSA) is 63.7 Å². The van der Waals surface area contributed by atoms with Crippen LogP contribution in [0.15, 0.2) is 53.4 Å². The molecule has 5 nitrogen and oxygen atoms in total. The molecule has 0 aromatic heterocycles. The first-order chi connectivity index (χ1) is 11.2. The molecule has 1 aliphatic rings. The van der Waals surface area contributed by atoms with Gasteiger partial charge in [-0.2, -0.15) is 0 Å². The lowest BCUT2D eigenvalue weighted by atomic mass is 10.0. The molecular weight excluding hydrogens is 350 g/mol. The van der Waals surface area contributed by atoms with E-state index in [1.165, 1.54) is 23.1 Å². The van der Waals surface area contributed by atoms with Crippen molar-refractivity contribution in [1.82, 2.24) is 0 Å². The van der Waals surface area contributed by atoms with Gasteiger partial charge in [0, 0.05) is 10.7 Å². The van der Waals surface area contributed by atoms with E-state index < -0.39 is 14.7 Å². The Balaban J connectivity index is 2.11. The number of hydrogen-bond donors (Lipinski definition) is 0. The molecule has 0 saturated heterocycles. The fraction of sp³-hybridized carbons (Fsp3) is 0.235. The van der Waals surface area contributed by atoms with Crippen molar-refractivity contribution >= 4 is 31.3 Å². The Hall–Kier alpha value is -2.05. The lowest BCUT2D eigenvalue weighted by Gasteiger charge is -2.39. The molecule has 0 fully saturated rings. The maximum Gasteiger partial charge on any atom is 0.271 e. The third-order valence-electron chi connectivity index (χ3n) is 3.81. The number of amides is 1. The monoisotopic (exact) mass is 365 g/mol.